The molecule has 0 aromatic carbocycles. The van der Waals surface area contributed by atoms with Crippen LogP contribution in [0.15, 0.2) is 18.3 Å². The largest absolute Gasteiger partial charge is 0.391 e. The van der Waals surface area contributed by atoms with Crippen molar-refractivity contribution in [2.75, 3.05) is 25.0 Å². The SMILES string of the molecule is CC(C)Nc1ncccc1C(=O)NCC1CNCC1O.Cl.Cl. The van der Waals surface area contributed by atoms with Gasteiger partial charge in [0.25, 0.3) is 5.91 Å². The van der Waals surface area contributed by atoms with Crippen molar-refractivity contribution >= 4 is 36.5 Å². The van der Waals surface area contributed by atoms with Gasteiger partial charge in [0, 0.05) is 37.8 Å². The van der Waals surface area contributed by atoms with Crippen LogP contribution in [0.25, 0.3) is 0 Å². The molecule has 2 atom stereocenters. The van der Waals surface area contributed by atoms with E-state index in [1.165, 1.54) is 0 Å². The molecule has 8 heteroatoms. The second-order valence-corrected chi connectivity index (χ2v) is 5.39. The molecule has 0 radical (unpaired) electrons. The fraction of sp³-hybridized carbons (Fsp3) is 0.571. The Morgan fingerprint density at radius 1 is 1.45 bits per heavy atom. The maximum Gasteiger partial charge on any atom is 0.255 e. The first-order chi connectivity index (χ1) is 9.58. The molecule has 1 amide bonds. The summed E-state index contributed by atoms with van der Waals surface area (Å²) in [5, 5.41) is 18.8. The molecule has 1 fully saturated rings. The predicted molar refractivity (Wildman–Crippen MR) is 92.2 cm³/mol. The van der Waals surface area contributed by atoms with Gasteiger partial charge >= 0.3 is 0 Å². The van der Waals surface area contributed by atoms with Crippen LogP contribution >= 0.6 is 24.8 Å². The molecule has 4 N–H and O–H groups in total. The number of carbonyl (C=O) groups excluding carboxylic acids is 1. The van der Waals surface area contributed by atoms with Crippen LogP contribution in [-0.2, 0) is 0 Å². The van der Waals surface area contributed by atoms with Crippen molar-refractivity contribution in [3.63, 3.8) is 0 Å². The lowest BCUT2D eigenvalue weighted by Gasteiger charge is -2.16. The lowest BCUT2D eigenvalue weighted by atomic mass is 10.1. The Labute approximate surface area is 143 Å². The highest BCUT2D eigenvalue weighted by molar-refractivity contribution is 5.98. The van der Waals surface area contributed by atoms with Gasteiger partial charge in [-0.15, -0.1) is 24.8 Å². The summed E-state index contributed by atoms with van der Waals surface area (Å²) >= 11 is 0. The number of hydrogen-bond donors (Lipinski definition) is 4. The minimum absolute atomic E-state index is 0. The molecule has 1 aliphatic heterocycles. The summed E-state index contributed by atoms with van der Waals surface area (Å²) in [4.78, 5) is 16.4. The number of pyridine rings is 1. The molecule has 22 heavy (non-hydrogen) atoms. The maximum absolute atomic E-state index is 12.2. The molecular formula is C14H24Cl2N4O2. The Morgan fingerprint density at radius 2 is 2.18 bits per heavy atom. The zero-order valence-electron chi connectivity index (χ0n) is 12.7. The number of carbonyl (C=O) groups is 1. The summed E-state index contributed by atoms with van der Waals surface area (Å²) in [5.74, 6) is 0.488. The molecule has 126 valence electrons. The van der Waals surface area contributed by atoms with Crippen LogP contribution in [0.2, 0.25) is 0 Å². The average Bonchev–Trinajstić information content (AvgIpc) is 2.81. The number of hydrogen-bond acceptors (Lipinski definition) is 5. The van der Waals surface area contributed by atoms with Crippen LogP contribution in [0.5, 0.6) is 0 Å². The number of aromatic nitrogens is 1. The maximum atomic E-state index is 12.2. The first-order valence-corrected chi connectivity index (χ1v) is 6.96. The van der Waals surface area contributed by atoms with Crippen molar-refractivity contribution in [2.45, 2.75) is 26.0 Å². The Balaban J connectivity index is 0.00000220. The van der Waals surface area contributed by atoms with E-state index in [-0.39, 0.29) is 42.7 Å². The third-order valence-corrected chi connectivity index (χ3v) is 3.31. The number of rotatable bonds is 5. The van der Waals surface area contributed by atoms with Crippen LogP contribution in [0.1, 0.15) is 24.2 Å². The fourth-order valence-corrected chi connectivity index (χ4v) is 2.22. The number of aliphatic hydroxyl groups is 1. The van der Waals surface area contributed by atoms with E-state index in [1.54, 1.807) is 18.3 Å². The summed E-state index contributed by atoms with van der Waals surface area (Å²) in [7, 11) is 0. The first kappa shape index (κ1) is 20.9. The van der Waals surface area contributed by atoms with E-state index >= 15 is 0 Å². The van der Waals surface area contributed by atoms with E-state index in [4.69, 9.17) is 0 Å². The van der Waals surface area contributed by atoms with Crippen molar-refractivity contribution in [2.24, 2.45) is 5.92 Å². The normalized spacial score (nSPS) is 20.0. The molecule has 0 saturated carbocycles. The lowest BCUT2D eigenvalue weighted by molar-refractivity contribution is 0.0927. The van der Waals surface area contributed by atoms with Gasteiger partial charge in [-0.2, -0.15) is 0 Å². The van der Waals surface area contributed by atoms with E-state index in [9.17, 15) is 9.90 Å². The van der Waals surface area contributed by atoms with Gasteiger partial charge in [-0.1, -0.05) is 0 Å². The number of halogens is 2. The molecule has 2 unspecified atom stereocenters. The predicted octanol–water partition coefficient (Wildman–Crippen LogP) is 1.06. The molecular weight excluding hydrogens is 327 g/mol. The number of anilines is 1. The zero-order valence-corrected chi connectivity index (χ0v) is 14.3. The molecule has 1 aromatic heterocycles. The van der Waals surface area contributed by atoms with Gasteiger partial charge in [0.2, 0.25) is 0 Å². The van der Waals surface area contributed by atoms with Gasteiger partial charge in [0.1, 0.15) is 5.82 Å². The lowest BCUT2D eigenvalue weighted by Crippen LogP contribution is -2.34. The van der Waals surface area contributed by atoms with E-state index in [1.807, 2.05) is 13.8 Å². The van der Waals surface area contributed by atoms with Crippen molar-refractivity contribution in [3.8, 4) is 0 Å². The Morgan fingerprint density at radius 3 is 2.77 bits per heavy atom. The second-order valence-electron chi connectivity index (χ2n) is 5.39. The third kappa shape index (κ3) is 5.61. The minimum Gasteiger partial charge on any atom is -0.391 e. The summed E-state index contributed by atoms with van der Waals surface area (Å²) in [6.45, 7) is 5.77. The standard InChI is InChI=1S/C14H22N4O2.2ClH/c1-9(2)18-13-11(4-3-5-16-13)14(20)17-7-10-6-15-8-12(10)19;;/h3-5,9-10,12,15,19H,6-8H2,1-2H3,(H,16,18)(H,17,20);2*1H. The highest BCUT2D eigenvalue weighted by atomic mass is 35.5. The van der Waals surface area contributed by atoms with Gasteiger partial charge < -0.3 is 21.1 Å². The topological polar surface area (TPSA) is 86.3 Å². The minimum atomic E-state index is -0.391. The zero-order chi connectivity index (χ0) is 14.5. The summed E-state index contributed by atoms with van der Waals surface area (Å²) in [5.41, 5.74) is 0.529. The quantitative estimate of drug-likeness (QED) is 0.637. The molecule has 1 aromatic rings. The highest BCUT2D eigenvalue weighted by Crippen LogP contribution is 2.13. The Kier molecular flexibility index (Phi) is 9.36. The number of nitrogens with zero attached hydrogens (tertiary/aromatic N) is 1. The number of aliphatic hydroxyl groups excluding tert-OH is 1. The highest BCUT2D eigenvalue weighted by Gasteiger charge is 2.25. The summed E-state index contributed by atoms with van der Waals surface area (Å²) in [6, 6.07) is 3.69. The van der Waals surface area contributed by atoms with Crippen LogP contribution in [0.4, 0.5) is 5.82 Å². The average molecular weight is 351 g/mol. The number of nitrogens with one attached hydrogen (secondary N) is 3. The van der Waals surface area contributed by atoms with Crippen LogP contribution in [-0.4, -0.2) is 47.8 Å². The fourth-order valence-electron chi connectivity index (χ4n) is 2.22. The number of amides is 1. The van der Waals surface area contributed by atoms with Crippen molar-refractivity contribution in [1.29, 1.82) is 0 Å². The van der Waals surface area contributed by atoms with E-state index in [0.717, 1.165) is 6.54 Å². The Bertz CT molecular complexity index is 474. The van der Waals surface area contributed by atoms with Crippen molar-refractivity contribution < 1.29 is 9.90 Å². The molecule has 0 spiro atoms. The van der Waals surface area contributed by atoms with E-state index in [0.29, 0.717) is 24.5 Å². The van der Waals surface area contributed by atoms with Crippen LogP contribution in [0, 0.1) is 5.92 Å². The molecule has 1 saturated heterocycles. The van der Waals surface area contributed by atoms with Gasteiger partial charge in [-0.25, -0.2) is 4.98 Å². The number of β-amino-alcohol motifs (C(OH)–C–C–N with tert-alkyl or cyclic N) is 1. The third-order valence-electron chi connectivity index (χ3n) is 3.31. The van der Waals surface area contributed by atoms with Crippen molar-refractivity contribution in [3.05, 3.63) is 23.9 Å². The molecule has 6 nitrogen and oxygen atoms in total. The van der Waals surface area contributed by atoms with Crippen molar-refractivity contribution in [1.82, 2.24) is 15.6 Å². The monoisotopic (exact) mass is 350 g/mol. The van der Waals surface area contributed by atoms with E-state index < -0.39 is 6.10 Å². The second kappa shape index (κ2) is 9.84. The molecule has 0 aliphatic carbocycles. The summed E-state index contributed by atoms with van der Waals surface area (Å²) in [6.07, 6.45) is 1.27. The molecule has 1 aliphatic rings. The molecule has 0 bridgehead atoms. The van der Waals surface area contributed by atoms with E-state index in [2.05, 4.69) is 20.9 Å². The summed E-state index contributed by atoms with van der Waals surface area (Å²) < 4.78 is 0. The first-order valence-electron chi connectivity index (χ1n) is 6.96. The van der Waals surface area contributed by atoms with Gasteiger partial charge in [-0.3, -0.25) is 4.79 Å². The van der Waals surface area contributed by atoms with Gasteiger partial charge in [0.05, 0.1) is 11.7 Å². The van der Waals surface area contributed by atoms with Gasteiger partial charge in [0.15, 0.2) is 0 Å². The molecule has 2 heterocycles. The Hall–Kier alpha value is -1.08. The van der Waals surface area contributed by atoms with Crippen LogP contribution < -0.4 is 16.0 Å². The van der Waals surface area contributed by atoms with Gasteiger partial charge in [-0.05, 0) is 26.0 Å². The molecule has 2 rings (SSSR count). The smallest absolute Gasteiger partial charge is 0.255 e. The van der Waals surface area contributed by atoms with Crippen LogP contribution in [0.3, 0.4) is 0 Å².